The van der Waals surface area contributed by atoms with Gasteiger partial charge in [0.05, 0.1) is 9.40 Å². The van der Waals surface area contributed by atoms with Crippen molar-refractivity contribution < 1.29 is 0 Å². The molecule has 0 bridgehead atoms. The number of fused-ring (bicyclic) bond motifs is 5. The number of rotatable bonds is 0. The molecule has 0 amide bonds. The maximum atomic E-state index is 2.29. The molecule has 18 heavy (non-hydrogen) atoms. The van der Waals surface area contributed by atoms with Crippen LogP contribution in [0.4, 0.5) is 0 Å². The summed E-state index contributed by atoms with van der Waals surface area (Å²) in [7, 11) is 0. The van der Waals surface area contributed by atoms with E-state index in [1.165, 1.54) is 30.3 Å². The molecule has 0 N–H and O–H groups in total. The third kappa shape index (κ3) is 1.49. The molecule has 0 unspecified atom stereocenters. The molecule has 0 nitrogen and oxygen atoms in total. The summed E-state index contributed by atoms with van der Waals surface area (Å²) >= 11 is 3.86. The van der Waals surface area contributed by atoms with E-state index in [1.807, 2.05) is 22.7 Å². The summed E-state index contributed by atoms with van der Waals surface area (Å²) in [5.74, 6) is 0. The minimum Gasteiger partial charge on any atom is -0.134 e. The number of hydrogen-bond donors (Lipinski definition) is 0. The molecule has 0 spiro atoms. The molecule has 0 saturated carbocycles. The second-order valence-electron chi connectivity index (χ2n) is 4.50. The molecular formula is C16H12S2. The Labute approximate surface area is 114 Å². The monoisotopic (exact) mass is 268 g/mol. The van der Waals surface area contributed by atoms with E-state index < -0.39 is 0 Å². The first-order valence-corrected chi connectivity index (χ1v) is 7.82. The van der Waals surface area contributed by atoms with E-state index in [-0.39, 0.29) is 0 Å². The van der Waals surface area contributed by atoms with Crippen molar-refractivity contribution in [2.75, 3.05) is 0 Å². The molecule has 0 saturated heterocycles. The van der Waals surface area contributed by atoms with E-state index in [9.17, 15) is 0 Å². The fourth-order valence-corrected chi connectivity index (χ4v) is 5.13. The molecule has 4 rings (SSSR count). The molecule has 2 aromatic heterocycles. The van der Waals surface area contributed by atoms with E-state index in [0.29, 0.717) is 0 Å². The van der Waals surface area contributed by atoms with Crippen LogP contribution in [0.3, 0.4) is 0 Å². The average molecular weight is 268 g/mol. The van der Waals surface area contributed by atoms with E-state index in [2.05, 4.69) is 48.6 Å². The third-order valence-corrected chi connectivity index (χ3v) is 5.84. The zero-order chi connectivity index (χ0) is 11.9. The summed E-state index contributed by atoms with van der Waals surface area (Å²) in [5, 5.41) is 0. The zero-order valence-electron chi connectivity index (χ0n) is 9.85. The Bertz CT molecular complexity index is 669. The lowest BCUT2D eigenvalue weighted by Crippen LogP contribution is -1.67. The fraction of sp³-hybridized carbons (Fsp3) is 0.125. The molecule has 0 atom stereocenters. The molecule has 2 aliphatic carbocycles. The maximum Gasteiger partial charge on any atom is 0.0541 e. The van der Waals surface area contributed by atoms with Gasteiger partial charge in [-0.2, -0.15) is 0 Å². The van der Waals surface area contributed by atoms with Crippen molar-refractivity contribution in [1.29, 1.82) is 0 Å². The largest absolute Gasteiger partial charge is 0.134 e. The fourth-order valence-electron chi connectivity index (χ4n) is 2.44. The van der Waals surface area contributed by atoms with Crippen molar-refractivity contribution >= 4 is 56.4 Å². The van der Waals surface area contributed by atoms with E-state index in [4.69, 9.17) is 0 Å². The zero-order valence-corrected chi connectivity index (χ0v) is 11.5. The van der Waals surface area contributed by atoms with Crippen molar-refractivity contribution in [3.8, 4) is 0 Å². The summed E-state index contributed by atoms with van der Waals surface area (Å²) in [6.45, 7) is 0. The van der Waals surface area contributed by atoms with Crippen molar-refractivity contribution in [3.63, 3.8) is 0 Å². The van der Waals surface area contributed by atoms with E-state index in [1.54, 1.807) is 0 Å². The van der Waals surface area contributed by atoms with E-state index >= 15 is 0 Å². The van der Waals surface area contributed by atoms with Gasteiger partial charge in [-0.25, -0.2) is 0 Å². The third-order valence-electron chi connectivity index (χ3n) is 3.30. The average Bonchev–Trinajstić information content (AvgIpc) is 2.69. The van der Waals surface area contributed by atoms with Crippen molar-refractivity contribution in [1.82, 2.24) is 0 Å². The second kappa shape index (κ2) is 4.08. The molecule has 2 aliphatic rings. The molecular weight excluding hydrogens is 256 g/mol. The molecule has 0 aliphatic heterocycles. The van der Waals surface area contributed by atoms with Gasteiger partial charge in [0.25, 0.3) is 0 Å². The van der Waals surface area contributed by atoms with Crippen LogP contribution in [0, 0.1) is 0 Å². The minimum absolute atomic E-state index is 1.05. The van der Waals surface area contributed by atoms with Crippen LogP contribution in [0.5, 0.6) is 0 Å². The predicted molar refractivity (Wildman–Crippen MR) is 85.1 cm³/mol. The van der Waals surface area contributed by atoms with Gasteiger partial charge in [0.1, 0.15) is 0 Å². The Hall–Kier alpha value is -1.38. The van der Waals surface area contributed by atoms with Crippen molar-refractivity contribution in [3.05, 3.63) is 45.2 Å². The summed E-state index contributed by atoms with van der Waals surface area (Å²) in [5.41, 5.74) is 2.84. The first kappa shape index (κ1) is 10.5. The van der Waals surface area contributed by atoms with Gasteiger partial charge in [-0.3, -0.25) is 0 Å². The van der Waals surface area contributed by atoms with Crippen LogP contribution >= 0.6 is 22.7 Å². The molecule has 2 aromatic rings. The predicted octanol–water partition coefficient (Wildman–Crippen LogP) is 5.82. The van der Waals surface area contributed by atoms with Crippen LogP contribution in [-0.2, 0) is 0 Å². The van der Waals surface area contributed by atoms with E-state index in [0.717, 1.165) is 12.8 Å². The molecule has 0 fully saturated rings. The number of hydrogen-bond acceptors (Lipinski definition) is 2. The summed E-state index contributed by atoms with van der Waals surface area (Å²) in [6.07, 6.45) is 20.2. The quantitative estimate of drug-likeness (QED) is 0.564. The van der Waals surface area contributed by atoms with Crippen LogP contribution in [0.1, 0.15) is 33.7 Å². The lowest BCUT2D eigenvalue weighted by atomic mass is 10.2. The van der Waals surface area contributed by atoms with Crippen LogP contribution in [0.25, 0.3) is 33.7 Å². The Kier molecular flexibility index (Phi) is 2.39. The van der Waals surface area contributed by atoms with Gasteiger partial charge in [0.2, 0.25) is 0 Å². The highest BCUT2D eigenvalue weighted by Crippen LogP contribution is 2.44. The summed E-state index contributed by atoms with van der Waals surface area (Å²) in [4.78, 5) is 2.82. The van der Waals surface area contributed by atoms with Crippen molar-refractivity contribution in [2.45, 2.75) is 12.8 Å². The first-order chi connectivity index (χ1) is 8.93. The van der Waals surface area contributed by atoms with Crippen LogP contribution in [0.2, 0.25) is 0 Å². The SMILES string of the molecule is C1=Cc2sc3c4c(sc3c2C=CC1)C=CCC=C4. The van der Waals surface area contributed by atoms with Gasteiger partial charge in [-0.1, -0.05) is 36.5 Å². The smallest absolute Gasteiger partial charge is 0.0541 e. The highest BCUT2D eigenvalue weighted by atomic mass is 32.1. The Morgan fingerprint density at radius 3 is 1.56 bits per heavy atom. The van der Waals surface area contributed by atoms with Gasteiger partial charge in [0, 0.05) is 20.9 Å². The molecule has 2 heterocycles. The van der Waals surface area contributed by atoms with Gasteiger partial charge in [0.15, 0.2) is 0 Å². The highest BCUT2D eigenvalue weighted by Gasteiger charge is 2.17. The van der Waals surface area contributed by atoms with Crippen molar-refractivity contribution in [2.24, 2.45) is 0 Å². The Balaban J connectivity index is 2.07. The molecule has 0 radical (unpaired) electrons. The number of thiophene rings is 2. The van der Waals surface area contributed by atoms with Gasteiger partial charge >= 0.3 is 0 Å². The normalized spacial score (nSPS) is 16.7. The van der Waals surface area contributed by atoms with Crippen LogP contribution in [0.15, 0.2) is 24.3 Å². The van der Waals surface area contributed by atoms with Gasteiger partial charge in [-0.15, -0.1) is 22.7 Å². The summed E-state index contributed by atoms with van der Waals surface area (Å²) < 4.78 is 2.91. The summed E-state index contributed by atoms with van der Waals surface area (Å²) in [6, 6.07) is 0. The Morgan fingerprint density at radius 1 is 0.611 bits per heavy atom. The van der Waals surface area contributed by atoms with Crippen LogP contribution < -0.4 is 0 Å². The molecule has 88 valence electrons. The van der Waals surface area contributed by atoms with Gasteiger partial charge in [-0.05, 0) is 25.0 Å². The standard InChI is InChI=1S/C16H12S2/c1-3-7-11-13(9-5-1)17-16-12-8-4-2-6-10-14(12)18-15(11)16/h3-10H,1-2H2. The Morgan fingerprint density at radius 2 is 1.06 bits per heavy atom. The lowest BCUT2D eigenvalue weighted by Gasteiger charge is -1.91. The topological polar surface area (TPSA) is 0 Å². The molecule has 2 heteroatoms. The second-order valence-corrected chi connectivity index (χ2v) is 6.60. The number of allylic oxidation sites excluding steroid dienone is 4. The van der Waals surface area contributed by atoms with Gasteiger partial charge < -0.3 is 0 Å². The molecule has 0 aromatic carbocycles. The minimum atomic E-state index is 1.05. The first-order valence-electron chi connectivity index (χ1n) is 6.19. The highest BCUT2D eigenvalue weighted by molar-refractivity contribution is 7.29. The van der Waals surface area contributed by atoms with Crippen LogP contribution in [-0.4, -0.2) is 0 Å². The lowest BCUT2D eigenvalue weighted by molar-refractivity contribution is 1.44. The maximum absolute atomic E-state index is 2.29.